The summed E-state index contributed by atoms with van der Waals surface area (Å²) in [6, 6.07) is 0. The van der Waals surface area contributed by atoms with Crippen LogP contribution in [0, 0.1) is 0 Å². The molecule has 0 aromatic heterocycles. The minimum Gasteiger partial charge on any atom is -0.462 e. The van der Waals surface area contributed by atoms with Crippen LogP contribution in [0.3, 0.4) is 0 Å². The van der Waals surface area contributed by atoms with Crippen molar-refractivity contribution in [3.05, 3.63) is 60.8 Å². The van der Waals surface area contributed by atoms with Crippen LogP contribution in [0.4, 0.5) is 0 Å². The second-order valence-electron chi connectivity index (χ2n) is 22.4. The zero-order valence-electron chi connectivity index (χ0n) is 50.8. The molecule has 0 amide bonds. The highest BCUT2D eigenvalue weighted by Gasteiger charge is 2.19. The van der Waals surface area contributed by atoms with Gasteiger partial charge >= 0.3 is 17.9 Å². The van der Waals surface area contributed by atoms with Crippen molar-refractivity contribution in [3.63, 3.8) is 0 Å². The van der Waals surface area contributed by atoms with Gasteiger partial charge in [0.15, 0.2) is 6.10 Å². The molecule has 1 unspecified atom stereocenters. The fraction of sp³-hybridized carbons (Fsp3) is 0.814. The first-order valence-electron chi connectivity index (χ1n) is 33.3. The molecule has 0 N–H and O–H groups in total. The number of carbonyl (C=O) groups excluding carboxylic acids is 3. The number of unbranched alkanes of at least 4 members (excludes halogenated alkanes) is 40. The molecule has 0 bridgehead atoms. The number of esters is 3. The lowest BCUT2D eigenvalue weighted by molar-refractivity contribution is -0.167. The van der Waals surface area contributed by atoms with Crippen LogP contribution >= 0.6 is 0 Å². The molecular formula is C70H126O6. The van der Waals surface area contributed by atoms with Gasteiger partial charge in [0.05, 0.1) is 0 Å². The Labute approximate surface area is 472 Å². The molecule has 76 heavy (non-hydrogen) atoms. The molecule has 0 aromatic rings. The van der Waals surface area contributed by atoms with Crippen molar-refractivity contribution < 1.29 is 28.6 Å². The van der Waals surface area contributed by atoms with Gasteiger partial charge in [0.2, 0.25) is 0 Å². The van der Waals surface area contributed by atoms with Gasteiger partial charge in [-0.05, 0) is 83.5 Å². The average Bonchev–Trinajstić information content (AvgIpc) is 3.42. The molecule has 0 aromatic carbocycles. The Balaban J connectivity index is 4.30. The van der Waals surface area contributed by atoms with Crippen molar-refractivity contribution in [2.75, 3.05) is 13.2 Å². The van der Waals surface area contributed by atoms with E-state index in [4.69, 9.17) is 14.2 Å². The van der Waals surface area contributed by atoms with Crippen molar-refractivity contribution in [1.29, 1.82) is 0 Å². The molecule has 0 fully saturated rings. The lowest BCUT2D eigenvalue weighted by Gasteiger charge is -2.18. The van der Waals surface area contributed by atoms with E-state index in [1.807, 2.05) is 0 Å². The van der Waals surface area contributed by atoms with E-state index in [0.29, 0.717) is 19.3 Å². The summed E-state index contributed by atoms with van der Waals surface area (Å²) in [5.41, 5.74) is 0. The minimum atomic E-state index is -0.787. The van der Waals surface area contributed by atoms with E-state index in [9.17, 15) is 14.4 Å². The summed E-state index contributed by atoms with van der Waals surface area (Å²) in [5.74, 6) is -0.890. The van der Waals surface area contributed by atoms with Crippen LogP contribution in [0.5, 0.6) is 0 Å². The molecule has 0 radical (unpaired) electrons. The summed E-state index contributed by atoms with van der Waals surface area (Å²) in [6.07, 6.45) is 82.4. The number of carbonyl (C=O) groups is 3. The molecule has 6 heteroatoms. The first-order valence-corrected chi connectivity index (χ1v) is 33.3. The molecule has 442 valence electrons. The maximum Gasteiger partial charge on any atom is 0.306 e. The number of hydrogen-bond acceptors (Lipinski definition) is 6. The van der Waals surface area contributed by atoms with E-state index in [1.54, 1.807) is 0 Å². The van der Waals surface area contributed by atoms with Crippen molar-refractivity contribution in [3.8, 4) is 0 Å². The summed E-state index contributed by atoms with van der Waals surface area (Å²) in [6.45, 7) is 6.59. The molecule has 0 heterocycles. The lowest BCUT2D eigenvalue weighted by atomic mass is 10.0. The third-order valence-corrected chi connectivity index (χ3v) is 14.7. The minimum absolute atomic E-state index is 0.0812. The Morgan fingerprint density at radius 1 is 0.263 bits per heavy atom. The molecule has 1 atom stereocenters. The Kier molecular flexibility index (Phi) is 62.2. The second kappa shape index (κ2) is 64.6. The monoisotopic (exact) mass is 1060 g/mol. The Bertz CT molecular complexity index is 1360. The van der Waals surface area contributed by atoms with Crippen LogP contribution in [0.1, 0.15) is 348 Å². The van der Waals surface area contributed by atoms with E-state index in [0.717, 1.165) is 109 Å². The van der Waals surface area contributed by atoms with Gasteiger partial charge < -0.3 is 14.2 Å². The predicted octanol–water partition coefficient (Wildman–Crippen LogP) is 22.7. The largest absolute Gasteiger partial charge is 0.462 e. The van der Waals surface area contributed by atoms with Gasteiger partial charge in [-0.3, -0.25) is 14.4 Å². The standard InChI is InChI=1S/C70H126O6/c1-4-7-10-13-16-19-22-25-27-29-31-33-34-35-37-38-40-42-45-48-51-54-57-60-63-69(72)75-66-67(65-74-68(71)62-59-56-53-50-47-44-24-21-18-15-12-9-6-3)76-70(73)64-61-58-55-52-49-46-43-41-39-36-32-30-28-26-23-20-17-14-11-8-5-2/h12,15,21,23-24,26,30,32,39,41,67H,4-11,13-14,16-20,22,25,27-29,31,33-38,40,42-66H2,1-3H3/b15-12-,24-21-,26-23-,32-30-,41-39-. The van der Waals surface area contributed by atoms with Crippen LogP contribution in [0.25, 0.3) is 0 Å². The van der Waals surface area contributed by atoms with Crippen LogP contribution in [-0.4, -0.2) is 37.2 Å². The molecule has 0 aliphatic carbocycles. The van der Waals surface area contributed by atoms with E-state index >= 15 is 0 Å². The summed E-state index contributed by atoms with van der Waals surface area (Å²) in [7, 11) is 0. The van der Waals surface area contributed by atoms with Crippen molar-refractivity contribution >= 4 is 17.9 Å². The van der Waals surface area contributed by atoms with Crippen LogP contribution in [0.2, 0.25) is 0 Å². The molecule has 0 aliphatic rings. The van der Waals surface area contributed by atoms with Crippen LogP contribution in [0.15, 0.2) is 60.8 Å². The summed E-state index contributed by atoms with van der Waals surface area (Å²) in [5, 5.41) is 0. The number of ether oxygens (including phenoxy) is 3. The third kappa shape index (κ3) is 62.0. The molecule has 0 rings (SSSR count). The zero-order valence-corrected chi connectivity index (χ0v) is 50.8. The maximum atomic E-state index is 12.9. The van der Waals surface area contributed by atoms with Gasteiger partial charge in [0, 0.05) is 19.3 Å². The SMILES string of the molecule is CCC/C=C\C/C=C\CCCCCCCC(=O)OCC(COC(=O)CCCCCCCCCCCCCCCCCCCCCCCCCC)OC(=O)CCCCCCCC/C=C\C/C=C\C/C=C\CCCCCCC. The van der Waals surface area contributed by atoms with Gasteiger partial charge in [0.1, 0.15) is 13.2 Å². The molecule has 0 aliphatic heterocycles. The van der Waals surface area contributed by atoms with Gasteiger partial charge in [-0.25, -0.2) is 0 Å². The van der Waals surface area contributed by atoms with Crippen molar-refractivity contribution in [2.24, 2.45) is 0 Å². The van der Waals surface area contributed by atoms with E-state index < -0.39 is 6.10 Å². The number of hydrogen-bond donors (Lipinski definition) is 0. The summed E-state index contributed by atoms with van der Waals surface area (Å²) >= 11 is 0. The van der Waals surface area contributed by atoms with Gasteiger partial charge in [-0.1, -0.05) is 306 Å². The molecule has 0 saturated heterocycles. The normalized spacial score (nSPS) is 12.4. The average molecular weight is 1060 g/mol. The van der Waals surface area contributed by atoms with Crippen molar-refractivity contribution in [1.82, 2.24) is 0 Å². The highest BCUT2D eigenvalue weighted by atomic mass is 16.6. The van der Waals surface area contributed by atoms with Crippen molar-refractivity contribution in [2.45, 2.75) is 354 Å². The highest BCUT2D eigenvalue weighted by Crippen LogP contribution is 2.17. The van der Waals surface area contributed by atoms with Gasteiger partial charge in [0.25, 0.3) is 0 Å². The topological polar surface area (TPSA) is 78.9 Å². The van der Waals surface area contributed by atoms with E-state index in [2.05, 4.69) is 81.5 Å². The van der Waals surface area contributed by atoms with E-state index in [-0.39, 0.29) is 31.1 Å². The molecule has 0 spiro atoms. The lowest BCUT2D eigenvalue weighted by Crippen LogP contribution is -2.30. The zero-order chi connectivity index (χ0) is 55.0. The Hall–Kier alpha value is -2.89. The number of allylic oxidation sites excluding steroid dienone is 10. The molecule has 6 nitrogen and oxygen atoms in total. The third-order valence-electron chi connectivity index (χ3n) is 14.7. The first kappa shape index (κ1) is 73.1. The molecular weight excluding hydrogens is 937 g/mol. The van der Waals surface area contributed by atoms with Gasteiger partial charge in [-0.15, -0.1) is 0 Å². The predicted molar refractivity (Wildman–Crippen MR) is 330 cm³/mol. The van der Waals surface area contributed by atoms with Crippen LogP contribution < -0.4 is 0 Å². The Morgan fingerprint density at radius 3 is 0.789 bits per heavy atom. The quantitative estimate of drug-likeness (QED) is 0.0261. The smallest absolute Gasteiger partial charge is 0.306 e. The van der Waals surface area contributed by atoms with Crippen LogP contribution in [-0.2, 0) is 28.6 Å². The first-order chi connectivity index (χ1) is 37.5. The fourth-order valence-corrected chi connectivity index (χ4v) is 9.73. The summed E-state index contributed by atoms with van der Waals surface area (Å²) in [4.78, 5) is 38.3. The number of rotatable bonds is 61. The second-order valence-corrected chi connectivity index (χ2v) is 22.4. The van der Waals surface area contributed by atoms with E-state index in [1.165, 1.54) is 199 Å². The maximum absolute atomic E-state index is 12.9. The summed E-state index contributed by atoms with van der Waals surface area (Å²) < 4.78 is 16.9. The van der Waals surface area contributed by atoms with Gasteiger partial charge in [-0.2, -0.15) is 0 Å². The fourth-order valence-electron chi connectivity index (χ4n) is 9.73. The highest BCUT2D eigenvalue weighted by molar-refractivity contribution is 5.71. The molecule has 0 saturated carbocycles. The Morgan fingerprint density at radius 2 is 0.500 bits per heavy atom.